The van der Waals surface area contributed by atoms with Gasteiger partial charge in [-0.25, -0.2) is 4.98 Å². The zero-order valence-electron chi connectivity index (χ0n) is 13.0. The van der Waals surface area contributed by atoms with Gasteiger partial charge in [0.2, 0.25) is 0 Å². The minimum Gasteiger partial charge on any atom is -0.507 e. The molecule has 0 saturated heterocycles. The van der Waals surface area contributed by atoms with Crippen LogP contribution in [0, 0.1) is 0 Å². The molecule has 122 valence electrons. The number of nitrogens with one attached hydrogen (secondary N) is 1. The fourth-order valence-corrected chi connectivity index (χ4v) is 3.24. The fraction of sp³-hybridized carbons (Fsp3) is 0. The number of benzene rings is 2. The zero-order valence-corrected chi connectivity index (χ0v) is 13.8. The number of hydrogen-bond acceptors (Lipinski definition) is 5. The summed E-state index contributed by atoms with van der Waals surface area (Å²) in [6.45, 7) is 0. The van der Waals surface area contributed by atoms with Crippen molar-refractivity contribution >= 4 is 33.1 Å². The largest absolute Gasteiger partial charge is 0.507 e. The number of phenolic OH excluding ortho intramolecular Hbond substituents is 1. The van der Waals surface area contributed by atoms with Gasteiger partial charge in [0, 0.05) is 11.6 Å². The Morgan fingerprint density at radius 1 is 1.00 bits per heavy atom. The van der Waals surface area contributed by atoms with Gasteiger partial charge in [-0.1, -0.05) is 30.3 Å². The summed E-state index contributed by atoms with van der Waals surface area (Å²) in [5.74, 6) is -0.456. The van der Waals surface area contributed by atoms with Gasteiger partial charge in [0.25, 0.3) is 5.91 Å². The maximum atomic E-state index is 12.5. The van der Waals surface area contributed by atoms with Crippen molar-refractivity contribution in [2.45, 2.75) is 0 Å². The van der Waals surface area contributed by atoms with E-state index in [1.807, 2.05) is 47.8 Å². The molecule has 2 aromatic carbocycles. The highest BCUT2D eigenvalue weighted by atomic mass is 32.1. The predicted molar refractivity (Wildman–Crippen MR) is 98.9 cm³/mol. The number of hydrogen-bond donors (Lipinski definition) is 2. The van der Waals surface area contributed by atoms with Crippen LogP contribution in [0.15, 0.2) is 66.2 Å². The van der Waals surface area contributed by atoms with Gasteiger partial charge in [-0.15, -0.1) is 11.3 Å². The molecule has 0 bridgehead atoms. The lowest BCUT2D eigenvalue weighted by Crippen LogP contribution is -2.12. The van der Waals surface area contributed by atoms with Crippen molar-refractivity contribution in [2.75, 3.05) is 5.32 Å². The molecule has 2 aromatic heterocycles. The highest BCUT2D eigenvalue weighted by Crippen LogP contribution is 2.27. The molecule has 0 saturated carbocycles. The van der Waals surface area contributed by atoms with Gasteiger partial charge in [-0.3, -0.25) is 15.1 Å². The van der Waals surface area contributed by atoms with E-state index in [4.69, 9.17) is 0 Å². The lowest BCUT2D eigenvalue weighted by Gasteiger charge is -2.06. The van der Waals surface area contributed by atoms with Crippen LogP contribution < -0.4 is 5.32 Å². The average Bonchev–Trinajstić information content (AvgIpc) is 3.10. The quantitative estimate of drug-likeness (QED) is 0.579. The molecule has 0 unspecified atom stereocenters. The molecule has 5 nitrogen and oxygen atoms in total. The number of fused-ring (bicyclic) bond motifs is 1. The summed E-state index contributed by atoms with van der Waals surface area (Å²) < 4.78 is 0. The number of pyridine rings is 1. The summed E-state index contributed by atoms with van der Waals surface area (Å²) in [6, 6.07) is 16.4. The number of carbonyl (C=O) groups excluding carboxylic acids is 1. The predicted octanol–water partition coefficient (Wildman–Crippen LogP) is 4.32. The number of aromatic hydroxyl groups is 1. The van der Waals surface area contributed by atoms with Crippen LogP contribution in [0.4, 0.5) is 5.13 Å². The van der Waals surface area contributed by atoms with E-state index in [0.29, 0.717) is 10.8 Å². The minimum absolute atomic E-state index is 0.0577. The van der Waals surface area contributed by atoms with Crippen LogP contribution >= 0.6 is 11.3 Å². The van der Waals surface area contributed by atoms with E-state index in [1.54, 1.807) is 18.3 Å². The Kier molecular flexibility index (Phi) is 3.87. The van der Waals surface area contributed by atoms with Gasteiger partial charge in [-0.05, 0) is 35.0 Å². The molecule has 25 heavy (non-hydrogen) atoms. The number of rotatable bonds is 3. The smallest absolute Gasteiger partial charge is 0.261 e. The second kappa shape index (κ2) is 6.33. The maximum Gasteiger partial charge on any atom is 0.261 e. The lowest BCUT2D eigenvalue weighted by molar-refractivity contribution is 0.102. The van der Waals surface area contributed by atoms with Gasteiger partial charge >= 0.3 is 0 Å². The van der Waals surface area contributed by atoms with Crippen molar-refractivity contribution < 1.29 is 9.90 Å². The molecule has 4 rings (SSSR count). The molecule has 0 aliphatic heterocycles. The SMILES string of the molecule is O=C(Nc1nc(-c2ccccn2)cs1)c1cc2ccccc2cc1O. The van der Waals surface area contributed by atoms with Gasteiger partial charge in [0.05, 0.1) is 11.3 Å². The molecule has 0 spiro atoms. The molecule has 2 N–H and O–H groups in total. The number of amides is 1. The molecule has 0 atom stereocenters. The second-order valence-electron chi connectivity index (χ2n) is 5.42. The summed E-state index contributed by atoms with van der Waals surface area (Å²) in [7, 11) is 0. The monoisotopic (exact) mass is 347 g/mol. The summed E-state index contributed by atoms with van der Waals surface area (Å²) >= 11 is 1.31. The molecule has 0 fully saturated rings. The third kappa shape index (κ3) is 3.07. The Morgan fingerprint density at radius 3 is 2.52 bits per heavy atom. The Hall–Kier alpha value is -3.25. The maximum absolute atomic E-state index is 12.5. The van der Waals surface area contributed by atoms with Crippen LogP contribution in [0.2, 0.25) is 0 Å². The molecule has 0 aliphatic rings. The number of phenols is 1. The topological polar surface area (TPSA) is 75.1 Å². The fourth-order valence-electron chi connectivity index (χ4n) is 2.54. The second-order valence-corrected chi connectivity index (χ2v) is 6.28. The van der Waals surface area contributed by atoms with Crippen molar-refractivity contribution in [3.8, 4) is 17.1 Å². The van der Waals surface area contributed by atoms with Crippen LogP contribution in [-0.4, -0.2) is 21.0 Å². The van der Waals surface area contributed by atoms with Crippen molar-refractivity contribution in [3.63, 3.8) is 0 Å². The molecule has 4 aromatic rings. The van der Waals surface area contributed by atoms with Gasteiger partial charge in [0.1, 0.15) is 11.4 Å². The first kappa shape index (κ1) is 15.3. The Morgan fingerprint density at radius 2 is 1.76 bits per heavy atom. The highest BCUT2D eigenvalue weighted by Gasteiger charge is 2.15. The molecule has 0 aliphatic carbocycles. The van der Waals surface area contributed by atoms with E-state index in [-0.39, 0.29) is 11.3 Å². The summed E-state index contributed by atoms with van der Waals surface area (Å²) in [5.41, 5.74) is 1.66. The minimum atomic E-state index is -0.398. The van der Waals surface area contributed by atoms with E-state index in [1.165, 1.54) is 11.3 Å². The van der Waals surface area contributed by atoms with Crippen LogP contribution in [0.1, 0.15) is 10.4 Å². The van der Waals surface area contributed by atoms with Crippen LogP contribution in [0.5, 0.6) is 5.75 Å². The van der Waals surface area contributed by atoms with E-state index in [0.717, 1.165) is 16.5 Å². The van der Waals surface area contributed by atoms with Crippen molar-refractivity contribution in [3.05, 3.63) is 71.7 Å². The lowest BCUT2D eigenvalue weighted by atomic mass is 10.1. The van der Waals surface area contributed by atoms with Crippen molar-refractivity contribution in [1.82, 2.24) is 9.97 Å². The summed E-state index contributed by atoms with van der Waals surface area (Å²) in [6.07, 6.45) is 1.69. The van der Waals surface area contributed by atoms with E-state index in [9.17, 15) is 9.90 Å². The molecular formula is C19H13N3O2S. The Balaban J connectivity index is 1.60. The summed E-state index contributed by atoms with van der Waals surface area (Å²) in [4.78, 5) is 21.1. The van der Waals surface area contributed by atoms with Crippen molar-refractivity contribution in [1.29, 1.82) is 0 Å². The molecule has 2 heterocycles. The molecule has 0 radical (unpaired) electrons. The first-order chi connectivity index (χ1) is 12.2. The van der Waals surface area contributed by atoms with E-state index >= 15 is 0 Å². The van der Waals surface area contributed by atoms with Gasteiger partial charge < -0.3 is 5.11 Å². The van der Waals surface area contributed by atoms with Gasteiger partial charge in [0.15, 0.2) is 5.13 Å². The normalized spacial score (nSPS) is 10.7. The first-order valence-electron chi connectivity index (χ1n) is 7.61. The standard InChI is InChI=1S/C19H13N3O2S/c23-17-10-13-6-2-1-5-12(13)9-14(17)18(24)22-19-21-16(11-25-19)15-7-3-4-8-20-15/h1-11,23H,(H,21,22,24). The Bertz CT molecular complexity index is 1060. The third-order valence-electron chi connectivity index (χ3n) is 3.76. The number of carbonyl (C=O) groups is 1. The van der Waals surface area contributed by atoms with E-state index < -0.39 is 5.91 Å². The van der Waals surface area contributed by atoms with Crippen LogP contribution in [-0.2, 0) is 0 Å². The number of nitrogens with zero attached hydrogens (tertiary/aromatic N) is 2. The highest BCUT2D eigenvalue weighted by molar-refractivity contribution is 7.14. The van der Waals surface area contributed by atoms with Crippen LogP contribution in [0.25, 0.3) is 22.2 Å². The van der Waals surface area contributed by atoms with E-state index in [2.05, 4.69) is 15.3 Å². The third-order valence-corrected chi connectivity index (χ3v) is 4.52. The molecular weight excluding hydrogens is 334 g/mol. The zero-order chi connectivity index (χ0) is 17.2. The number of aromatic nitrogens is 2. The number of anilines is 1. The Labute approximate surface area is 147 Å². The number of thiazole rings is 1. The first-order valence-corrected chi connectivity index (χ1v) is 8.49. The molecule has 1 amide bonds. The molecule has 6 heteroatoms. The van der Waals surface area contributed by atoms with Crippen LogP contribution in [0.3, 0.4) is 0 Å². The summed E-state index contributed by atoms with van der Waals surface area (Å²) in [5, 5.41) is 16.9. The van der Waals surface area contributed by atoms with Crippen molar-refractivity contribution in [2.24, 2.45) is 0 Å². The van der Waals surface area contributed by atoms with Gasteiger partial charge in [-0.2, -0.15) is 0 Å². The average molecular weight is 347 g/mol.